The van der Waals surface area contributed by atoms with Gasteiger partial charge in [0.15, 0.2) is 0 Å². The first kappa shape index (κ1) is 22.5. The number of hydrogen-bond donors (Lipinski definition) is 1. The predicted octanol–water partition coefficient (Wildman–Crippen LogP) is 1.52. The van der Waals surface area contributed by atoms with Gasteiger partial charge in [0.05, 0.1) is 36.5 Å². The summed E-state index contributed by atoms with van der Waals surface area (Å²) in [6.45, 7) is 4.42. The van der Waals surface area contributed by atoms with Crippen LogP contribution in [0.1, 0.15) is 32.1 Å². The van der Waals surface area contributed by atoms with E-state index in [-0.39, 0.29) is 17.6 Å². The van der Waals surface area contributed by atoms with Gasteiger partial charge < -0.3 is 14.6 Å². The summed E-state index contributed by atoms with van der Waals surface area (Å²) in [5.41, 5.74) is 0.326. The van der Waals surface area contributed by atoms with Gasteiger partial charge in [-0.3, -0.25) is 4.48 Å². The normalized spacial score (nSPS) is 11.8. The molecule has 1 N–H and O–H groups in total. The van der Waals surface area contributed by atoms with E-state index in [4.69, 9.17) is 4.74 Å². The number of nitrogens with one attached hydrogen (secondary N) is 1. The van der Waals surface area contributed by atoms with Crippen LogP contribution < -0.4 is 5.32 Å². The van der Waals surface area contributed by atoms with Crippen LogP contribution in [0.4, 0.5) is 4.79 Å². The zero-order valence-corrected chi connectivity index (χ0v) is 15.1. The van der Waals surface area contributed by atoms with Gasteiger partial charge in [0.2, 0.25) is 6.73 Å². The van der Waals surface area contributed by atoms with E-state index in [1.165, 1.54) is 0 Å². The molecule has 0 aliphatic carbocycles. The third kappa shape index (κ3) is 14.1. The Kier molecular flexibility index (Phi) is 10.4. The summed E-state index contributed by atoms with van der Waals surface area (Å²) in [7, 11) is -0.661. The number of unbranched alkanes of at least 4 members (excludes halogenated alkanes) is 2. The Morgan fingerprint density at radius 1 is 1.25 bits per heavy atom. The van der Waals surface area contributed by atoms with E-state index in [9.17, 15) is 22.7 Å². The summed E-state index contributed by atoms with van der Waals surface area (Å²) in [6, 6.07) is 0. The molecule has 24 heavy (non-hydrogen) atoms. The summed E-state index contributed by atoms with van der Waals surface area (Å²) in [4.78, 5) is 21.7. The molecule has 0 atom stereocenters. The number of nitrogens with zero attached hydrogens (tertiary/aromatic N) is 2. The van der Waals surface area contributed by atoms with Gasteiger partial charge in [0.1, 0.15) is 0 Å². The molecule has 9 nitrogen and oxygen atoms in total. The molecule has 0 aliphatic heterocycles. The average molecular weight is 365 g/mol. The fourth-order valence-corrected chi connectivity index (χ4v) is 2.37. The lowest BCUT2D eigenvalue weighted by molar-refractivity contribution is -0.907. The molecule has 10 heteroatoms. The highest BCUT2D eigenvalue weighted by Crippen LogP contribution is 2.07. The van der Waals surface area contributed by atoms with Crippen molar-refractivity contribution in [1.82, 2.24) is 5.32 Å². The lowest BCUT2D eigenvalue weighted by Crippen LogP contribution is -2.44. The van der Waals surface area contributed by atoms with E-state index < -0.39 is 22.0 Å². The molecule has 0 aliphatic rings. The maximum atomic E-state index is 11.6. The Labute approximate surface area is 143 Å². The number of quaternary nitrogens is 1. The highest BCUT2D eigenvalue weighted by molar-refractivity contribution is 7.85. The second-order valence-electron chi connectivity index (χ2n) is 6.23. The Morgan fingerprint density at radius 3 is 2.50 bits per heavy atom. The molecule has 0 aromatic carbocycles. The quantitative estimate of drug-likeness (QED) is 0.173. The Hall–Kier alpha value is -1.52. The molecule has 0 spiro atoms. The minimum atomic E-state index is -4.21. The zero-order valence-electron chi connectivity index (χ0n) is 14.3. The monoisotopic (exact) mass is 365 g/mol. The maximum absolute atomic E-state index is 11.6. The van der Waals surface area contributed by atoms with Crippen LogP contribution in [0.3, 0.4) is 0 Å². The van der Waals surface area contributed by atoms with Crippen molar-refractivity contribution in [1.29, 1.82) is 0 Å². The summed E-state index contributed by atoms with van der Waals surface area (Å²) in [5.74, 6) is -0.424. The van der Waals surface area contributed by atoms with Crippen molar-refractivity contribution < 1.29 is 27.0 Å². The third-order valence-corrected chi connectivity index (χ3v) is 4.03. The molecular formula is C14H27N3O6S. The van der Waals surface area contributed by atoms with Crippen molar-refractivity contribution in [2.75, 3.05) is 39.7 Å². The van der Waals surface area contributed by atoms with Crippen LogP contribution in [-0.4, -0.2) is 63.2 Å². The zero-order chi connectivity index (χ0) is 18.6. The molecule has 0 radical (unpaired) electrons. The van der Waals surface area contributed by atoms with Crippen LogP contribution >= 0.6 is 0 Å². The molecule has 1 amide bonds. The molecule has 0 saturated carbocycles. The molecule has 0 heterocycles. The van der Waals surface area contributed by atoms with E-state index >= 15 is 0 Å². The Balaban J connectivity index is 3.76. The molecule has 0 bridgehead atoms. The molecule has 0 unspecified atom stereocenters. The van der Waals surface area contributed by atoms with E-state index in [1.54, 1.807) is 14.1 Å². The number of allylic oxidation sites excluding steroid dienone is 1. The number of amides is 1. The first-order valence-electron chi connectivity index (χ1n) is 7.73. The van der Waals surface area contributed by atoms with Crippen molar-refractivity contribution in [3.63, 3.8) is 0 Å². The first-order valence-corrected chi connectivity index (χ1v) is 9.31. The van der Waals surface area contributed by atoms with Crippen LogP contribution in [0.2, 0.25) is 0 Å². The number of carbonyl (C=O) groups excluding carboxylic acids is 1. The average Bonchev–Trinajstić information content (AvgIpc) is 2.46. The van der Waals surface area contributed by atoms with Gasteiger partial charge in [-0.2, -0.15) is 0 Å². The molecular weight excluding hydrogens is 338 g/mol. The summed E-state index contributed by atoms with van der Waals surface area (Å²) in [6.07, 6.45) is 2.59. The number of rotatable bonds is 13. The van der Waals surface area contributed by atoms with E-state index in [0.717, 1.165) is 19.3 Å². The molecule has 140 valence electrons. The van der Waals surface area contributed by atoms with Crippen molar-refractivity contribution in [3.05, 3.63) is 17.2 Å². The minimum absolute atomic E-state index is 0.0789. The van der Waals surface area contributed by atoms with Gasteiger partial charge in [-0.05, 0) is 24.4 Å². The fourth-order valence-electron chi connectivity index (χ4n) is 1.89. The first-order chi connectivity index (χ1) is 11.1. The largest absolute Gasteiger partial charge is 0.748 e. The maximum Gasteiger partial charge on any atom is 0.411 e. The Bertz CT molecular complexity index is 519. The third-order valence-electron chi connectivity index (χ3n) is 3.24. The van der Waals surface area contributed by atoms with Crippen LogP contribution in [-0.2, 0) is 14.9 Å². The van der Waals surface area contributed by atoms with Crippen LogP contribution in [0.5, 0.6) is 0 Å². The second kappa shape index (κ2) is 11.1. The van der Waals surface area contributed by atoms with E-state index in [2.05, 4.69) is 17.1 Å². The van der Waals surface area contributed by atoms with Crippen LogP contribution in [0.15, 0.2) is 17.5 Å². The van der Waals surface area contributed by atoms with E-state index in [0.29, 0.717) is 25.2 Å². The highest BCUT2D eigenvalue weighted by atomic mass is 32.2. The van der Waals surface area contributed by atoms with Gasteiger partial charge >= 0.3 is 6.09 Å². The SMILES string of the molecule is C=C(CCCCCNC(=O)OC[N+](C)(C)CCCS(=O)(=O)[O-])N=O. The number of alkyl carbamates (subject to hydrolysis) is 1. The van der Waals surface area contributed by atoms with Crippen molar-refractivity contribution >= 4 is 16.2 Å². The van der Waals surface area contributed by atoms with Gasteiger partial charge in [0.25, 0.3) is 0 Å². The topological polar surface area (TPSA) is 125 Å². The smallest absolute Gasteiger partial charge is 0.411 e. The lowest BCUT2D eigenvalue weighted by Gasteiger charge is -2.28. The van der Waals surface area contributed by atoms with Crippen LogP contribution in [0.25, 0.3) is 0 Å². The van der Waals surface area contributed by atoms with Gasteiger partial charge in [-0.25, -0.2) is 13.2 Å². The summed E-state index contributed by atoms with van der Waals surface area (Å²) < 4.78 is 37.0. The number of hydrogen-bond acceptors (Lipinski definition) is 7. The predicted molar refractivity (Wildman–Crippen MR) is 88.9 cm³/mol. The highest BCUT2D eigenvalue weighted by Gasteiger charge is 2.17. The second-order valence-corrected chi connectivity index (χ2v) is 7.75. The van der Waals surface area contributed by atoms with Gasteiger partial charge in [0, 0.05) is 18.7 Å². The molecule has 0 aromatic heterocycles. The van der Waals surface area contributed by atoms with E-state index in [1.807, 2.05) is 0 Å². The van der Waals surface area contributed by atoms with Crippen molar-refractivity contribution in [2.45, 2.75) is 32.1 Å². The summed E-state index contributed by atoms with van der Waals surface area (Å²) in [5, 5.41) is 5.34. The number of nitroso groups, excluding NO2 is 1. The standard InChI is InChI=1S/C14H27N3O6S/c1-13(16-19)8-5-4-6-9-15-14(18)23-12-17(2,3)10-7-11-24(20,21)22/h1,4-12H2,2-3H3,(H-,15,18,20,21,22). The van der Waals surface area contributed by atoms with Gasteiger partial charge in [-0.1, -0.05) is 13.0 Å². The molecule has 0 fully saturated rings. The fraction of sp³-hybridized carbons (Fsp3) is 0.786. The lowest BCUT2D eigenvalue weighted by atomic mass is 10.1. The molecule has 0 rings (SSSR count). The summed E-state index contributed by atoms with van der Waals surface area (Å²) >= 11 is 0. The van der Waals surface area contributed by atoms with Crippen LogP contribution in [0, 0.1) is 4.91 Å². The minimum Gasteiger partial charge on any atom is -0.748 e. The number of carbonyl (C=O) groups is 1. The number of ether oxygens (including phenoxy) is 1. The Morgan fingerprint density at radius 2 is 1.92 bits per heavy atom. The van der Waals surface area contributed by atoms with Crippen molar-refractivity contribution in [3.8, 4) is 0 Å². The molecule has 0 saturated heterocycles. The van der Waals surface area contributed by atoms with Crippen molar-refractivity contribution in [2.24, 2.45) is 5.18 Å². The van der Waals surface area contributed by atoms with Gasteiger partial charge in [-0.15, -0.1) is 4.91 Å². The molecule has 0 aromatic rings.